The van der Waals surface area contributed by atoms with E-state index in [4.69, 9.17) is 21.1 Å². The molecule has 1 N–H and O–H groups in total. The Balaban J connectivity index is 1.99. The van der Waals surface area contributed by atoms with Gasteiger partial charge in [-0.05, 0) is 48.4 Å². The molecule has 2 rings (SSSR count). The first-order valence-corrected chi connectivity index (χ1v) is 8.05. The molecule has 4 nitrogen and oxygen atoms in total. The molecule has 24 heavy (non-hydrogen) atoms. The second kappa shape index (κ2) is 8.99. The van der Waals surface area contributed by atoms with E-state index in [1.165, 1.54) is 13.2 Å². The lowest BCUT2D eigenvalue weighted by atomic mass is 10.2. The number of carbonyl (C=O) groups excluding carboxylic acids is 1. The standard InChI is InChI=1S/C19H20ClNO3/c1-3-12-24-16-8-4-14(5-9-16)6-11-19(22)21-17-13-15(20)7-10-18(17)23-2/h4-11,13H,3,12H2,1-2H3,(H,21,22). The third kappa shape index (κ3) is 5.32. The number of methoxy groups -OCH3 is 1. The molecule has 0 fully saturated rings. The van der Waals surface area contributed by atoms with E-state index in [1.54, 1.807) is 24.3 Å². The van der Waals surface area contributed by atoms with Gasteiger partial charge in [-0.1, -0.05) is 30.7 Å². The van der Waals surface area contributed by atoms with Crippen LogP contribution in [0.4, 0.5) is 5.69 Å². The highest BCUT2D eigenvalue weighted by atomic mass is 35.5. The monoisotopic (exact) mass is 345 g/mol. The fourth-order valence-corrected chi connectivity index (χ4v) is 2.19. The van der Waals surface area contributed by atoms with Crippen molar-refractivity contribution < 1.29 is 14.3 Å². The Hall–Kier alpha value is -2.46. The first-order valence-electron chi connectivity index (χ1n) is 7.68. The first kappa shape index (κ1) is 17.9. The summed E-state index contributed by atoms with van der Waals surface area (Å²) in [5.74, 6) is 1.11. The van der Waals surface area contributed by atoms with Gasteiger partial charge in [-0.15, -0.1) is 0 Å². The van der Waals surface area contributed by atoms with Crippen LogP contribution < -0.4 is 14.8 Å². The van der Waals surface area contributed by atoms with Gasteiger partial charge in [0.1, 0.15) is 11.5 Å². The molecule has 0 radical (unpaired) electrons. The van der Waals surface area contributed by atoms with Crippen molar-refractivity contribution in [1.29, 1.82) is 0 Å². The maximum Gasteiger partial charge on any atom is 0.248 e. The lowest BCUT2D eigenvalue weighted by Crippen LogP contribution is -2.08. The average molecular weight is 346 g/mol. The molecule has 0 spiro atoms. The molecule has 0 aliphatic rings. The topological polar surface area (TPSA) is 47.6 Å². The Morgan fingerprint density at radius 2 is 1.96 bits per heavy atom. The van der Waals surface area contributed by atoms with Crippen molar-refractivity contribution in [3.63, 3.8) is 0 Å². The smallest absolute Gasteiger partial charge is 0.248 e. The number of halogens is 1. The van der Waals surface area contributed by atoms with Crippen LogP contribution in [0.5, 0.6) is 11.5 Å². The zero-order valence-electron chi connectivity index (χ0n) is 13.7. The third-order valence-electron chi connectivity index (χ3n) is 3.20. The summed E-state index contributed by atoms with van der Waals surface area (Å²) in [5.41, 5.74) is 1.44. The number of rotatable bonds is 7. The lowest BCUT2D eigenvalue weighted by Gasteiger charge is -2.09. The minimum Gasteiger partial charge on any atom is -0.495 e. The Morgan fingerprint density at radius 1 is 1.21 bits per heavy atom. The number of amides is 1. The quantitative estimate of drug-likeness (QED) is 0.734. The minimum absolute atomic E-state index is 0.262. The zero-order valence-corrected chi connectivity index (χ0v) is 14.5. The van der Waals surface area contributed by atoms with Crippen LogP contribution in [0.3, 0.4) is 0 Å². The van der Waals surface area contributed by atoms with Crippen molar-refractivity contribution in [2.24, 2.45) is 0 Å². The van der Waals surface area contributed by atoms with Crippen molar-refractivity contribution in [1.82, 2.24) is 0 Å². The van der Waals surface area contributed by atoms with Crippen LogP contribution in [0.1, 0.15) is 18.9 Å². The molecule has 0 heterocycles. The third-order valence-corrected chi connectivity index (χ3v) is 3.43. The van der Waals surface area contributed by atoms with Crippen LogP contribution >= 0.6 is 11.6 Å². The molecule has 0 aliphatic carbocycles. The van der Waals surface area contributed by atoms with Gasteiger partial charge in [-0.2, -0.15) is 0 Å². The van der Waals surface area contributed by atoms with Crippen LogP contribution in [-0.4, -0.2) is 19.6 Å². The van der Waals surface area contributed by atoms with E-state index >= 15 is 0 Å². The van der Waals surface area contributed by atoms with E-state index in [-0.39, 0.29) is 5.91 Å². The minimum atomic E-state index is -0.262. The zero-order chi connectivity index (χ0) is 17.4. The van der Waals surface area contributed by atoms with E-state index in [9.17, 15) is 4.79 Å². The molecule has 0 atom stereocenters. The predicted molar refractivity (Wildman–Crippen MR) is 97.9 cm³/mol. The second-order valence-corrected chi connectivity index (χ2v) is 5.52. The maximum atomic E-state index is 12.1. The molecule has 0 aliphatic heterocycles. The highest BCUT2D eigenvalue weighted by Crippen LogP contribution is 2.27. The summed E-state index contributed by atoms with van der Waals surface area (Å²) in [5, 5.41) is 3.28. The Kier molecular flexibility index (Phi) is 6.70. The number of benzene rings is 2. The van der Waals surface area contributed by atoms with Crippen molar-refractivity contribution >= 4 is 29.3 Å². The first-order chi connectivity index (χ1) is 11.6. The molecule has 0 bridgehead atoms. The fraction of sp³-hybridized carbons (Fsp3) is 0.211. The van der Waals surface area contributed by atoms with Gasteiger partial charge in [-0.3, -0.25) is 4.79 Å². The molecule has 1 amide bonds. The molecule has 0 saturated carbocycles. The molecule has 2 aromatic carbocycles. The summed E-state index contributed by atoms with van der Waals surface area (Å²) < 4.78 is 10.7. The molecule has 0 aromatic heterocycles. The summed E-state index contributed by atoms with van der Waals surface area (Å²) in [7, 11) is 1.54. The highest BCUT2D eigenvalue weighted by molar-refractivity contribution is 6.31. The van der Waals surface area contributed by atoms with Crippen LogP contribution in [-0.2, 0) is 4.79 Å². The second-order valence-electron chi connectivity index (χ2n) is 5.08. The SMILES string of the molecule is CCCOc1ccc(C=CC(=O)Nc2cc(Cl)ccc2OC)cc1. The summed E-state index contributed by atoms with van der Waals surface area (Å²) in [6.45, 7) is 2.75. The van der Waals surface area contributed by atoms with Gasteiger partial charge in [-0.25, -0.2) is 0 Å². The van der Waals surface area contributed by atoms with Crippen molar-refractivity contribution in [3.8, 4) is 11.5 Å². The van der Waals surface area contributed by atoms with Crippen LogP contribution in [0.15, 0.2) is 48.5 Å². The van der Waals surface area contributed by atoms with Gasteiger partial charge in [0.15, 0.2) is 0 Å². The predicted octanol–water partition coefficient (Wildman–Crippen LogP) is 4.79. The number of ether oxygens (including phenoxy) is 2. The molecule has 126 valence electrons. The largest absolute Gasteiger partial charge is 0.495 e. The number of hydrogen-bond acceptors (Lipinski definition) is 3. The van der Waals surface area contributed by atoms with Gasteiger partial charge in [0.05, 0.1) is 19.4 Å². The van der Waals surface area contributed by atoms with E-state index in [2.05, 4.69) is 12.2 Å². The number of carbonyl (C=O) groups is 1. The number of anilines is 1. The van der Waals surface area contributed by atoms with E-state index < -0.39 is 0 Å². The maximum absolute atomic E-state index is 12.1. The van der Waals surface area contributed by atoms with Gasteiger partial charge in [0.25, 0.3) is 0 Å². The Morgan fingerprint density at radius 3 is 2.62 bits per heavy atom. The summed E-state index contributed by atoms with van der Waals surface area (Å²) in [6, 6.07) is 12.6. The molecule has 2 aromatic rings. The fourth-order valence-electron chi connectivity index (χ4n) is 2.02. The van der Waals surface area contributed by atoms with Gasteiger partial charge in [0.2, 0.25) is 5.91 Å². The highest BCUT2D eigenvalue weighted by Gasteiger charge is 2.06. The molecule has 0 unspecified atom stereocenters. The molecular weight excluding hydrogens is 326 g/mol. The number of nitrogens with one attached hydrogen (secondary N) is 1. The Labute approximate surface area is 147 Å². The summed E-state index contributed by atoms with van der Waals surface area (Å²) >= 11 is 5.94. The number of hydrogen-bond donors (Lipinski definition) is 1. The molecule has 0 saturated heterocycles. The van der Waals surface area contributed by atoms with Gasteiger partial charge >= 0.3 is 0 Å². The lowest BCUT2D eigenvalue weighted by molar-refractivity contribution is -0.111. The normalized spacial score (nSPS) is 10.6. The Bertz CT molecular complexity index is 711. The van der Waals surface area contributed by atoms with Gasteiger partial charge in [0, 0.05) is 11.1 Å². The van der Waals surface area contributed by atoms with Crippen molar-refractivity contribution in [2.45, 2.75) is 13.3 Å². The van der Waals surface area contributed by atoms with Crippen molar-refractivity contribution in [3.05, 3.63) is 59.1 Å². The van der Waals surface area contributed by atoms with E-state index in [0.717, 1.165) is 17.7 Å². The van der Waals surface area contributed by atoms with Crippen LogP contribution in [0.2, 0.25) is 5.02 Å². The van der Waals surface area contributed by atoms with Crippen molar-refractivity contribution in [2.75, 3.05) is 19.0 Å². The summed E-state index contributed by atoms with van der Waals surface area (Å²) in [6.07, 6.45) is 4.16. The van der Waals surface area contributed by atoms with Crippen LogP contribution in [0, 0.1) is 0 Å². The summed E-state index contributed by atoms with van der Waals surface area (Å²) in [4.78, 5) is 12.1. The molecule has 5 heteroatoms. The average Bonchev–Trinajstić information content (AvgIpc) is 2.59. The van der Waals surface area contributed by atoms with E-state index in [0.29, 0.717) is 23.1 Å². The van der Waals surface area contributed by atoms with Crippen LogP contribution in [0.25, 0.3) is 6.08 Å². The van der Waals surface area contributed by atoms with E-state index in [1.807, 2.05) is 24.3 Å². The van der Waals surface area contributed by atoms with Gasteiger partial charge < -0.3 is 14.8 Å². The molecular formula is C19H20ClNO3.